The summed E-state index contributed by atoms with van der Waals surface area (Å²) >= 11 is 0. The maximum atomic E-state index is 13.4. The lowest BCUT2D eigenvalue weighted by Crippen LogP contribution is -2.36. The van der Waals surface area contributed by atoms with Crippen LogP contribution in [0.15, 0.2) is 53.6 Å². The Balaban J connectivity index is 1.37. The summed E-state index contributed by atoms with van der Waals surface area (Å²) in [6, 6.07) is 8.61. The van der Waals surface area contributed by atoms with Crippen molar-refractivity contribution in [2.45, 2.75) is 25.9 Å². The summed E-state index contributed by atoms with van der Waals surface area (Å²) in [7, 11) is 0. The van der Waals surface area contributed by atoms with Gasteiger partial charge in [0.15, 0.2) is 5.82 Å². The van der Waals surface area contributed by atoms with E-state index in [1.54, 1.807) is 29.2 Å². The molecule has 1 saturated heterocycles. The van der Waals surface area contributed by atoms with Crippen molar-refractivity contribution in [3.63, 3.8) is 0 Å². The summed E-state index contributed by atoms with van der Waals surface area (Å²) in [5.41, 5.74) is 0.509. The molecule has 1 fully saturated rings. The molecule has 0 spiro atoms. The van der Waals surface area contributed by atoms with Crippen molar-refractivity contribution < 1.29 is 8.78 Å². The Labute approximate surface area is 161 Å². The lowest BCUT2D eigenvalue weighted by atomic mass is 9.96. The molecule has 146 valence electrons. The molecule has 0 amide bonds. The third kappa shape index (κ3) is 4.33. The molecule has 4 rings (SSSR count). The number of benzene rings is 1. The first-order chi connectivity index (χ1) is 13.6. The normalized spacial score (nSPS) is 15.8. The van der Waals surface area contributed by atoms with Gasteiger partial charge in [-0.15, -0.1) is 5.10 Å². The van der Waals surface area contributed by atoms with E-state index in [2.05, 4.69) is 15.1 Å². The minimum absolute atomic E-state index is 0.131. The van der Waals surface area contributed by atoms with Gasteiger partial charge in [-0.3, -0.25) is 9.69 Å². The smallest absolute Gasteiger partial charge is 0.266 e. The molecule has 0 unspecified atom stereocenters. The van der Waals surface area contributed by atoms with E-state index in [-0.39, 0.29) is 5.56 Å². The monoisotopic (exact) mass is 385 g/mol. The fraction of sp³-hybridized carbons (Fsp3) is 0.350. The predicted molar refractivity (Wildman–Crippen MR) is 100.0 cm³/mol. The van der Waals surface area contributed by atoms with Gasteiger partial charge in [-0.05, 0) is 61.7 Å². The molecule has 0 N–H and O–H groups in total. The zero-order valence-electron chi connectivity index (χ0n) is 15.3. The quantitative estimate of drug-likeness (QED) is 0.678. The number of nitrogens with zero attached hydrogens (tertiary/aromatic N) is 5. The molecule has 1 aliphatic heterocycles. The molecule has 3 heterocycles. The van der Waals surface area contributed by atoms with Gasteiger partial charge in [0.1, 0.15) is 11.6 Å². The zero-order chi connectivity index (χ0) is 19.5. The molecule has 0 atom stereocenters. The highest BCUT2D eigenvalue weighted by Crippen LogP contribution is 2.21. The first-order valence-electron chi connectivity index (χ1n) is 9.32. The molecular weight excluding hydrogens is 364 g/mol. The Bertz CT molecular complexity index is 974. The Hall–Kier alpha value is -2.87. The summed E-state index contributed by atoms with van der Waals surface area (Å²) in [4.78, 5) is 14.4. The average Bonchev–Trinajstić information content (AvgIpc) is 3.19. The topological polar surface area (TPSA) is 56.0 Å². The highest BCUT2D eigenvalue weighted by atomic mass is 19.1. The van der Waals surface area contributed by atoms with Crippen LogP contribution in [0.1, 0.15) is 18.4 Å². The van der Waals surface area contributed by atoms with Crippen molar-refractivity contribution in [3.8, 4) is 5.82 Å². The standard InChI is InChI=1S/C20H21F2N5O/c21-17-10-16(11-18(22)12-17)13-25-8-4-15(5-9-25)14-27-20(28)3-2-19(24-27)26-7-1-6-23-26/h1-3,6-7,10-12,15H,4-5,8-9,13-14H2. The van der Waals surface area contributed by atoms with Crippen molar-refractivity contribution >= 4 is 0 Å². The second-order valence-electron chi connectivity index (χ2n) is 7.16. The number of piperidine rings is 1. The van der Waals surface area contributed by atoms with Crippen molar-refractivity contribution in [2.75, 3.05) is 13.1 Å². The fourth-order valence-corrected chi connectivity index (χ4v) is 3.63. The Morgan fingerprint density at radius 3 is 2.50 bits per heavy atom. The van der Waals surface area contributed by atoms with Crippen LogP contribution in [-0.2, 0) is 13.1 Å². The van der Waals surface area contributed by atoms with Crippen molar-refractivity contribution in [1.82, 2.24) is 24.5 Å². The molecule has 8 heteroatoms. The molecule has 3 aromatic rings. The molecule has 2 aromatic heterocycles. The second kappa shape index (κ2) is 8.02. The lowest BCUT2D eigenvalue weighted by Gasteiger charge is -2.32. The molecule has 0 aliphatic carbocycles. The molecule has 1 aliphatic rings. The van der Waals surface area contributed by atoms with Crippen LogP contribution in [0.3, 0.4) is 0 Å². The molecule has 1 aromatic carbocycles. The van der Waals surface area contributed by atoms with Gasteiger partial charge in [-0.2, -0.15) is 5.10 Å². The van der Waals surface area contributed by atoms with Gasteiger partial charge >= 0.3 is 0 Å². The molecule has 6 nitrogen and oxygen atoms in total. The average molecular weight is 385 g/mol. The van der Waals surface area contributed by atoms with E-state index in [4.69, 9.17) is 0 Å². The predicted octanol–water partition coefficient (Wildman–Crippen LogP) is 2.62. The number of rotatable bonds is 5. The lowest BCUT2D eigenvalue weighted by molar-refractivity contribution is 0.163. The van der Waals surface area contributed by atoms with E-state index in [1.165, 1.54) is 22.9 Å². The Morgan fingerprint density at radius 2 is 1.82 bits per heavy atom. The maximum absolute atomic E-state index is 13.4. The molecule has 28 heavy (non-hydrogen) atoms. The van der Waals surface area contributed by atoms with Gasteiger partial charge in [0, 0.05) is 37.6 Å². The third-order valence-electron chi connectivity index (χ3n) is 5.06. The van der Waals surface area contributed by atoms with Crippen LogP contribution in [0.2, 0.25) is 0 Å². The first kappa shape index (κ1) is 18.5. The van der Waals surface area contributed by atoms with E-state index in [0.29, 0.717) is 30.4 Å². The number of likely N-dealkylation sites (tertiary alicyclic amines) is 1. The molecule has 0 bridgehead atoms. The van der Waals surface area contributed by atoms with Crippen LogP contribution in [-0.4, -0.2) is 37.6 Å². The van der Waals surface area contributed by atoms with Gasteiger partial charge in [0.2, 0.25) is 0 Å². The summed E-state index contributed by atoms with van der Waals surface area (Å²) < 4.78 is 29.8. The number of halogens is 2. The molecular formula is C20H21F2N5O. The van der Waals surface area contributed by atoms with E-state index in [0.717, 1.165) is 32.0 Å². The molecule has 0 saturated carbocycles. The summed E-state index contributed by atoms with van der Waals surface area (Å²) in [5, 5.41) is 8.57. The zero-order valence-corrected chi connectivity index (χ0v) is 15.3. The minimum atomic E-state index is -0.549. The van der Waals surface area contributed by atoms with E-state index < -0.39 is 11.6 Å². The Kier molecular flexibility index (Phi) is 5.29. The van der Waals surface area contributed by atoms with Crippen molar-refractivity contribution in [2.24, 2.45) is 5.92 Å². The van der Waals surface area contributed by atoms with Gasteiger partial charge in [0.05, 0.1) is 0 Å². The van der Waals surface area contributed by atoms with Gasteiger partial charge in [0.25, 0.3) is 5.56 Å². The SMILES string of the molecule is O=c1ccc(-n2cccn2)nn1CC1CCN(Cc2cc(F)cc(F)c2)CC1. The van der Waals surface area contributed by atoms with Crippen molar-refractivity contribution in [1.29, 1.82) is 0 Å². The summed E-state index contributed by atoms with van der Waals surface area (Å²) in [6.07, 6.45) is 5.25. The largest absolute Gasteiger partial charge is 0.299 e. The number of hydrogen-bond acceptors (Lipinski definition) is 4. The summed E-state index contributed by atoms with van der Waals surface area (Å²) in [5.74, 6) is -0.159. The Morgan fingerprint density at radius 1 is 1.07 bits per heavy atom. The summed E-state index contributed by atoms with van der Waals surface area (Å²) in [6.45, 7) is 2.71. The van der Waals surface area contributed by atoms with Crippen LogP contribution in [0, 0.1) is 17.6 Å². The fourth-order valence-electron chi connectivity index (χ4n) is 3.63. The molecule has 0 radical (unpaired) electrons. The minimum Gasteiger partial charge on any atom is -0.299 e. The number of hydrogen-bond donors (Lipinski definition) is 0. The van der Waals surface area contributed by atoms with E-state index >= 15 is 0 Å². The third-order valence-corrected chi connectivity index (χ3v) is 5.06. The van der Waals surface area contributed by atoms with E-state index in [1.807, 2.05) is 0 Å². The van der Waals surface area contributed by atoms with Crippen molar-refractivity contribution in [3.05, 3.63) is 76.3 Å². The first-order valence-corrected chi connectivity index (χ1v) is 9.32. The van der Waals surface area contributed by atoms with E-state index in [9.17, 15) is 13.6 Å². The maximum Gasteiger partial charge on any atom is 0.266 e. The van der Waals surface area contributed by atoms with Crippen LogP contribution in [0.25, 0.3) is 5.82 Å². The van der Waals surface area contributed by atoms with Crippen LogP contribution < -0.4 is 5.56 Å². The van der Waals surface area contributed by atoms with Crippen LogP contribution in [0.4, 0.5) is 8.78 Å². The van der Waals surface area contributed by atoms with Gasteiger partial charge < -0.3 is 0 Å². The highest BCUT2D eigenvalue weighted by molar-refractivity contribution is 5.18. The highest BCUT2D eigenvalue weighted by Gasteiger charge is 2.21. The van der Waals surface area contributed by atoms with Crippen LogP contribution in [0.5, 0.6) is 0 Å². The number of aromatic nitrogens is 4. The van der Waals surface area contributed by atoms with Gasteiger partial charge in [-0.25, -0.2) is 18.1 Å². The van der Waals surface area contributed by atoms with Crippen LogP contribution >= 0.6 is 0 Å². The second-order valence-corrected chi connectivity index (χ2v) is 7.16. The van der Waals surface area contributed by atoms with Gasteiger partial charge in [-0.1, -0.05) is 0 Å².